The molecule has 1 aromatic carbocycles. The van der Waals surface area contributed by atoms with Gasteiger partial charge >= 0.3 is 0 Å². The van der Waals surface area contributed by atoms with Gasteiger partial charge in [0.2, 0.25) is 0 Å². The predicted molar refractivity (Wildman–Crippen MR) is 93.9 cm³/mol. The first-order valence-electron chi connectivity index (χ1n) is 6.73. The van der Waals surface area contributed by atoms with Gasteiger partial charge in [0.15, 0.2) is 4.32 Å². The number of rotatable bonds is 5. The van der Waals surface area contributed by atoms with Gasteiger partial charge in [-0.15, -0.1) is 0 Å². The van der Waals surface area contributed by atoms with Crippen molar-refractivity contribution >= 4 is 52.0 Å². The van der Waals surface area contributed by atoms with Crippen molar-refractivity contribution in [1.82, 2.24) is 5.01 Å². The lowest BCUT2D eigenvalue weighted by atomic mass is 10.3. The van der Waals surface area contributed by atoms with Crippen LogP contribution in [0.3, 0.4) is 0 Å². The van der Waals surface area contributed by atoms with Crippen LogP contribution in [0.5, 0.6) is 5.75 Å². The number of amides is 1. The Hall–Kier alpha value is -1.90. The first-order chi connectivity index (χ1) is 11.5. The van der Waals surface area contributed by atoms with Crippen LogP contribution in [-0.4, -0.2) is 27.2 Å². The summed E-state index contributed by atoms with van der Waals surface area (Å²) >= 11 is 12.0. The average molecular weight is 385 g/mol. The molecule has 1 aliphatic rings. The summed E-state index contributed by atoms with van der Waals surface area (Å²) in [7, 11) is 0. The first-order valence-corrected chi connectivity index (χ1v) is 8.50. The first kappa shape index (κ1) is 16.9. The van der Waals surface area contributed by atoms with E-state index in [-0.39, 0.29) is 17.5 Å². The summed E-state index contributed by atoms with van der Waals surface area (Å²) in [5.41, 5.74) is 0. The van der Waals surface area contributed by atoms with Gasteiger partial charge in [-0.1, -0.05) is 35.6 Å². The molecule has 0 atom stereocenters. The zero-order valence-electron chi connectivity index (χ0n) is 12.1. The summed E-state index contributed by atoms with van der Waals surface area (Å²) in [6, 6.07) is 7.50. The number of hydrogen-bond acceptors (Lipinski definition) is 6. The maximum atomic E-state index is 13.1. The molecule has 24 heavy (non-hydrogen) atoms. The fourth-order valence-corrected chi connectivity index (χ4v) is 2.97. The van der Waals surface area contributed by atoms with Gasteiger partial charge in [-0.25, -0.2) is 4.39 Å². The Morgan fingerprint density at radius 3 is 3.00 bits per heavy atom. The van der Waals surface area contributed by atoms with E-state index in [2.05, 4.69) is 5.10 Å². The van der Waals surface area contributed by atoms with Crippen LogP contribution in [0.2, 0.25) is 5.02 Å². The maximum Gasteiger partial charge on any atom is 0.259 e. The third-order valence-corrected chi connectivity index (χ3v) is 4.61. The Morgan fingerprint density at radius 1 is 1.46 bits per heavy atom. The molecule has 9 heteroatoms. The molecule has 1 aliphatic heterocycles. The Bertz CT molecular complexity index is 809. The molecule has 0 radical (unpaired) electrons. The lowest BCUT2D eigenvalue weighted by molar-refractivity contribution is -0.123. The highest BCUT2D eigenvalue weighted by atomic mass is 35.5. The molecule has 3 rings (SSSR count). The number of benzene rings is 1. The van der Waals surface area contributed by atoms with E-state index in [0.29, 0.717) is 27.3 Å². The average Bonchev–Trinajstić information content (AvgIpc) is 3.14. The molecule has 0 aliphatic carbocycles. The number of carbonyl (C=O) groups excluding carboxylic acids is 1. The highest BCUT2D eigenvalue weighted by Gasteiger charge is 2.26. The lowest BCUT2D eigenvalue weighted by Crippen LogP contribution is -2.22. The fraction of sp³-hybridized carbons (Fsp3) is 0.133. The minimum Gasteiger partial charge on any atom is -0.486 e. The second-order valence-electron chi connectivity index (χ2n) is 4.67. The molecule has 0 spiro atoms. The van der Waals surface area contributed by atoms with Crippen molar-refractivity contribution in [3.05, 3.63) is 52.7 Å². The predicted octanol–water partition coefficient (Wildman–Crippen LogP) is 3.85. The Kier molecular flexibility index (Phi) is 5.17. The topological polar surface area (TPSA) is 55.0 Å². The highest BCUT2D eigenvalue weighted by Crippen LogP contribution is 2.22. The summed E-state index contributed by atoms with van der Waals surface area (Å²) in [6.45, 7) is 0.146. The zero-order valence-corrected chi connectivity index (χ0v) is 14.5. The maximum absolute atomic E-state index is 13.1. The number of thioether (sulfide) groups is 1. The van der Waals surface area contributed by atoms with Crippen LogP contribution in [0.25, 0.3) is 0 Å². The molecule has 1 fully saturated rings. The van der Waals surface area contributed by atoms with Crippen molar-refractivity contribution in [3.63, 3.8) is 0 Å². The number of nitrogens with zero attached hydrogens (tertiary/aromatic N) is 2. The van der Waals surface area contributed by atoms with Crippen molar-refractivity contribution in [1.29, 1.82) is 0 Å². The molecule has 0 N–H and O–H groups in total. The quantitative estimate of drug-likeness (QED) is 0.579. The van der Waals surface area contributed by atoms with Crippen LogP contribution in [0.4, 0.5) is 4.39 Å². The Labute approximate surface area is 151 Å². The van der Waals surface area contributed by atoms with Crippen molar-refractivity contribution < 1.29 is 18.3 Å². The Balaban J connectivity index is 1.60. The van der Waals surface area contributed by atoms with Gasteiger partial charge in [0.25, 0.3) is 5.91 Å². The number of hydrazone groups is 1. The zero-order chi connectivity index (χ0) is 17.1. The van der Waals surface area contributed by atoms with Crippen LogP contribution in [-0.2, 0) is 11.4 Å². The third kappa shape index (κ3) is 3.95. The summed E-state index contributed by atoms with van der Waals surface area (Å²) in [4.78, 5) is 11.5. The lowest BCUT2D eigenvalue weighted by Gasteiger charge is -2.05. The molecule has 0 unspecified atom stereocenters. The number of halogens is 2. The van der Waals surface area contributed by atoms with Crippen LogP contribution >= 0.6 is 35.6 Å². The van der Waals surface area contributed by atoms with E-state index in [9.17, 15) is 9.18 Å². The number of ether oxygens (including phenoxy) is 1. The molecule has 2 heterocycles. The van der Waals surface area contributed by atoms with Crippen LogP contribution < -0.4 is 4.74 Å². The second kappa shape index (κ2) is 7.33. The summed E-state index contributed by atoms with van der Waals surface area (Å²) in [5.74, 6) is 1.06. The van der Waals surface area contributed by atoms with Crippen LogP contribution in [0, 0.1) is 5.82 Å². The van der Waals surface area contributed by atoms with Crippen molar-refractivity contribution in [2.24, 2.45) is 5.10 Å². The summed E-state index contributed by atoms with van der Waals surface area (Å²) < 4.78 is 24.5. The van der Waals surface area contributed by atoms with Gasteiger partial charge in [-0.3, -0.25) is 4.79 Å². The third-order valence-electron chi connectivity index (χ3n) is 2.98. The molecule has 2 aromatic rings. The van der Waals surface area contributed by atoms with Crippen LogP contribution in [0.15, 0.2) is 39.9 Å². The number of hydrogen-bond donors (Lipinski definition) is 0. The van der Waals surface area contributed by atoms with Gasteiger partial charge in [-0.05, 0) is 24.3 Å². The van der Waals surface area contributed by atoms with E-state index in [0.717, 1.165) is 0 Å². The molecule has 1 amide bonds. The number of carbonyl (C=O) groups is 1. The van der Waals surface area contributed by atoms with Crippen molar-refractivity contribution in [2.45, 2.75) is 6.61 Å². The van der Waals surface area contributed by atoms with E-state index < -0.39 is 5.82 Å². The van der Waals surface area contributed by atoms with Crippen molar-refractivity contribution in [3.8, 4) is 5.75 Å². The number of thiocarbonyl (C=S) groups is 1. The molecule has 1 saturated heterocycles. The molecule has 5 nitrogen and oxygen atoms in total. The van der Waals surface area contributed by atoms with Crippen molar-refractivity contribution in [2.75, 3.05) is 5.75 Å². The van der Waals surface area contributed by atoms with E-state index in [1.807, 2.05) is 0 Å². The normalized spacial score (nSPS) is 14.8. The van der Waals surface area contributed by atoms with E-state index in [4.69, 9.17) is 33.0 Å². The smallest absolute Gasteiger partial charge is 0.259 e. The molecular weight excluding hydrogens is 375 g/mol. The SMILES string of the molecule is O=C1CSC(=S)N1/N=C/c1ccc(COc2ccc(F)c(Cl)c2)o1. The van der Waals surface area contributed by atoms with Crippen LogP contribution in [0.1, 0.15) is 11.5 Å². The highest BCUT2D eigenvalue weighted by molar-refractivity contribution is 8.23. The molecular formula is C15H10ClFN2O3S2. The standard InChI is InChI=1S/C15H10ClFN2O3S2/c16-12-5-9(3-4-13(12)17)21-7-11-2-1-10(22-11)6-18-19-14(20)8-24-15(19)23/h1-6H,7-8H2/b18-6+. The number of furan rings is 1. The van der Waals surface area contributed by atoms with Gasteiger partial charge in [0.05, 0.1) is 17.0 Å². The van der Waals surface area contributed by atoms with Gasteiger partial charge in [0.1, 0.15) is 29.7 Å². The van der Waals surface area contributed by atoms with Gasteiger partial charge in [-0.2, -0.15) is 10.1 Å². The monoisotopic (exact) mass is 384 g/mol. The largest absolute Gasteiger partial charge is 0.486 e. The van der Waals surface area contributed by atoms with E-state index >= 15 is 0 Å². The molecule has 0 saturated carbocycles. The van der Waals surface area contributed by atoms with E-state index in [1.165, 1.54) is 41.2 Å². The molecule has 1 aromatic heterocycles. The van der Waals surface area contributed by atoms with E-state index in [1.54, 1.807) is 12.1 Å². The molecule has 124 valence electrons. The summed E-state index contributed by atoms with van der Waals surface area (Å²) in [5, 5.41) is 5.17. The Morgan fingerprint density at radius 2 is 2.29 bits per heavy atom. The summed E-state index contributed by atoms with van der Waals surface area (Å²) in [6.07, 6.45) is 1.41. The second-order valence-corrected chi connectivity index (χ2v) is 6.69. The van der Waals surface area contributed by atoms with Gasteiger partial charge < -0.3 is 9.15 Å². The fourth-order valence-electron chi connectivity index (χ4n) is 1.84. The minimum atomic E-state index is -0.506. The molecule has 0 bridgehead atoms. The minimum absolute atomic E-state index is 0.0103. The van der Waals surface area contributed by atoms with Gasteiger partial charge in [0, 0.05) is 6.07 Å².